The first-order valence-electron chi connectivity index (χ1n) is 4.14. The van der Waals surface area contributed by atoms with Crippen LogP contribution in [0.15, 0.2) is 0 Å². The molecule has 0 nitrogen and oxygen atoms in total. The first-order valence-corrected chi connectivity index (χ1v) is 6.52. The van der Waals surface area contributed by atoms with Crippen LogP contribution >= 0.6 is 47.8 Å². The van der Waals surface area contributed by atoms with Crippen molar-refractivity contribution in [2.45, 2.75) is 27.8 Å². The lowest BCUT2D eigenvalue weighted by Crippen LogP contribution is -2.23. The lowest BCUT2D eigenvalue weighted by atomic mass is 9.90. The van der Waals surface area contributed by atoms with Gasteiger partial charge in [-0.05, 0) is 37.0 Å². The normalized spacial score (nSPS) is 43.4. The van der Waals surface area contributed by atoms with Gasteiger partial charge in [-0.25, -0.2) is 0 Å². The quantitative estimate of drug-likeness (QED) is 0.575. The lowest BCUT2D eigenvalue weighted by molar-refractivity contribution is 0.352. The van der Waals surface area contributed by atoms with Crippen LogP contribution in [0, 0.1) is 17.8 Å². The van der Waals surface area contributed by atoms with Crippen molar-refractivity contribution in [3.8, 4) is 0 Å². The van der Waals surface area contributed by atoms with Gasteiger partial charge < -0.3 is 0 Å². The second-order valence-electron chi connectivity index (χ2n) is 3.82. The molecule has 3 atom stereocenters. The van der Waals surface area contributed by atoms with Gasteiger partial charge in [-0.2, -0.15) is 0 Å². The highest BCUT2D eigenvalue weighted by atomic mass is 80.0. The number of hydrogen-bond acceptors (Lipinski definition) is 0. The Labute approximate surface area is 92.9 Å². The number of hydrogen-bond donors (Lipinski definition) is 0. The summed E-state index contributed by atoms with van der Waals surface area (Å²) in [5.41, 5.74) is 0. The smallest absolute Gasteiger partial charge is 0.0596 e. The van der Waals surface area contributed by atoms with E-state index in [0.717, 1.165) is 17.8 Å². The molecule has 0 N–H and O–H groups in total. The van der Waals surface area contributed by atoms with Crippen molar-refractivity contribution < 1.29 is 0 Å². The first kappa shape index (κ1) is 9.01. The molecule has 0 spiro atoms. The summed E-state index contributed by atoms with van der Waals surface area (Å²) in [6.07, 6.45) is 5.78. The van der Waals surface area contributed by atoms with Crippen LogP contribution in [0.2, 0.25) is 0 Å². The fourth-order valence-corrected chi connectivity index (χ4v) is 4.33. The highest BCUT2D eigenvalue weighted by Crippen LogP contribution is 2.58. The summed E-state index contributed by atoms with van der Waals surface area (Å²) in [5, 5.41) is 0. The van der Waals surface area contributed by atoms with Gasteiger partial charge in [0.15, 0.2) is 0 Å². The molecule has 64 valence electrons. The molecule has 0 aromatic heterocycles. The number of fused-ring (bicyclic) bond motifs is 2. The second kappa shape index (κ2) is 2.98. The van der Waals surface area contributed by atoms with Gasteiger partial charge in [-0.15, -0.1) is 0 Å². The van der Waals surface area contributed by atoms with Crippen LogP contribution in [-0.2, 0) is 0 Å². The van der Waals surface area contributed by atoms with Crippen LogP contribution in [0.5, 0.6) is 0 Å². The Morgan fingerprint density at radius 2 is 1.73 bits per heavy atom. The highest BCUT2D eigenvalue weighted by Gasteiger charge is 2.47. The number of alkyl halides is 3. The zero-order valence-corrected chi connectivity index (χ0v) is 11.0. The summed E-state index contributed by atoms with van der Waals surface area (Å²) in [7, 11) is 0. The fourth-order valence-electron chi connectivity index (χ4n) is 2.65. The van der Waals surface area contributed by atoms with E-state index in [1.807, 2.05) is 0 Å². The average molecular weight is 347 g/mol. The second-order valence-corrected chi connectivity index (χ2v) is 10.8. The maximum absolute atomic E-state index is 3.64. The summed E-state index contributed by atoms with van der Waals surface area (Å²) >= 11 is 10.9. The molecule has 3 heteroatoms. The minimum absolute atomic E-state index is 0.0207. The van der Waals surface area contributed by atoms with Crippen LogP contribution in [0.3, 0.4) is 0 Å². The van der Waals surface area contributed by atoms with E-state index in [9.17, 15) is 0 Å². The van der Waals surface area contributed by atoms with E-state index in [2.05, 4.69) is 47.8 Å². The van der Waals surface area contributed by atoms with Crippen molar-refractivity contribution in [2.24, 2.45) is 17.8 Å². The summed E-state index contributed by atoms with van der Waals surface area (Å²) in [5.74, 6) is 2.77. The molecule has 2 saturated carbocycles. The third kappa shape index (κ3) is 1.71. The molecule has 0 amide bonds. The molecule has 0 aromatic carbocycles. The Bertz CT molecular complexity index is 161. The van der Waals surface area contributed by atoms with Crippen LogP contribution in [0.25, 0.3) is 0 Å². The van der Waals surface area contributed by atoms with Crippen molar-refractivity contribution >= 4 is 47.8 Å². The summed E-state index contributed by atoms with van der Waals surface area (Å²) in [6, 6.07) is 0. The van der Waals surface area contributed by atoms with Gasteiger partial charge in [0.1, 0.15) is 2.14 Å². The standard InChI is InChI=1S/C8H11Br3/c9-8(10,11)7-4-5-1-2-6(7)3-5/h5-7H,1-4H2. The van der Waals surface area contributed by atoms with Gasteiger partial charge in [0.2, 0.25) is 0 Å². The van der Waals surface area contributed by atoms with Crippen molar-refractivity contribution in [3.63, 3.8) is 0 Å². The van der Waals surface area contributed by atoms with Gasteiger partial charge >= 0.3 is 0 Å². The van der Waals surface area contributed by atoms with Crippen molar-refractivity contribution in [3.05, 3.63) is 0 Å². The maximum atomic E-state index is 3.64. The third-order valence-electron chi connectivity index (χ3n) is 3.16. The largest absolute Gasteiger partial charge is 0.138 e. The van der Waals surface area contributed by atoms with E-state index in [1.165, 1.54) is 25.7 Å². The molecule has 2 bridgehead atoms. The van der Waals surface area contributed by atoms with Crippen LogP contribution in [0.1, 0.15) is 25.7 Å². The molecule has 2 rings (SSSR count). The molecule has 2 aliphatic rings. The monoisotopic (exact) mass is 344 g/mol. The Hall–Kier alpha value is 1.44. The Balaban J connectivity index is 2.08. The summed E-state index contributed by atoms with van der Waals surface area (Å²) < 4.78 is 0.0207. The Morgan fingerprint density at radius 1 is 1.00 bits per heavy atom. The summed E-state index contributed by atoms with van der Waals surface area (Å²) in [6.45, 7) is 0. The van der Waals surface area contributed by atoms with E-state index >= 15 is 0 Å². The minimum atomic E-state index is 0.0207. The molecule has 0 radical (unpaired) electrons. The van der Waals surface area contributed by atoms with E-state index in [-0.39, 0.29) is 2.14 Å². The average Bonchev–Trinajstić information content (AvgIpc) is 2.42. The van der Waals surface area contributed by atoms with E-state index in [4.69, 9.17) is 0 Å². The lowest BCUT2D eigenvalue weighted by Gasteiger charge is -2.29. The topological polar surface area (TPSA) is 0 Å². The predicted octanol–water partition coefficient (Wildman–Crippen LogP) is 4.26. The fraction of sp³-hybridized carbons (Fsp3) is 1.00. The highest BCUT2D eigenvalue weighted by molar-refractivity contribution is 9.39. The zero-order valence-electron chi connectivity index (χ0n) is 6.19. The van der Waals surface area contributed by atoms with Crippen molar-refractivity contribution in [1.82, 2.24) is 0 Å². The molecule has 0 aromatic rings. The molecular weight excluding hydrogens is 336 g/mol. The van der Waals surface area contributed by atoms with E-state index in [1.54, 1.807) is 0 Å². The Kier molecular flexibility index (Phi) is 2.45. The maximum Gasteiger partial charge on any atom is 0.138 e. The van der Waals surface area contributed by atoms with Gasteiger partial charge in [0, 0.05) is 0 Å². The van der Waals surface area contributed by atoms with Crippen molar-refractivity contribution in [2.75, 3.05) is 0 Å². The molecule has 3 unspecified atom stereocenters. The zero-order chi connectivity index (χ0) is 8.06. The molecule has 0 heterocycles. The van der Waals surface area contributed by atoms with Gasteiger partial charge in [-0.3, -0.25) is 0 Å². The molecule has 2 fully saturated rings. The molecule has 2 aliphatic carbocycles. The van der Waals surface area contributed by atoms with Crippen LogP contribution < -0.4 is 0 Å². The molecule has 0 saturated heterocycles. The third-order valence-corrected chi connectivity index (χ3v) is 4.92. The number of rotatable bonds is 0. The Morgan fingerprint density at radius 3 is 2.00 bits per heavy atom. The van der Waals surface area contributed by atoms with Gasteiger partial charge in [0.25, 0.3) is 0 Å². The predicted molar refractivity (Wildman–Crippen MR) is 58.5 cm³/mol. The molecule has 0 aliphatic heterocycles. The molecular formula is C8H11Br3. The minimum Gasteiger partial charge on any atom is -0.0596 e. The molecule has 11 heavy (non-hydrogen) atoms. The van der Waals surface area contributed by atoms with Gasteiger partial charge in [0.05, 0.1) is 0 Å². The van der Waals surface area contributed by atoms with E-state index in [0.29, 0.717) is 0 Å². The van der Waals surface area contributed by atoms with Crippen molar-refractivity contribution in [1.29, 1.82) is 0 Å². The first-order chi connectivity index (χ1) is 5.07. The summed E-state index contributed by atoms with van der Waals surface area (Å²) in [4.78, 5) is 0. The van der Waals surface area contributed by atoms with Gasteiger partial charge in [-0.1, -0.05) is 54.2 Å². The number of halogens is 3. The SMILES string of the molecule is BrC(Br)(Br)C1CC2CCC1C2. The van der Waals surface area contributed by atoms with E-state index < -0.39 is 0 Å². The van der Waals surface area contributed by atoms with Crippen LogP contribution in [-0.4, -0.2) is 2.14 Å². The van der Waals surface area contributed by atoms with Crippen LogP contribution in [0.4, 0.5) is 0 Å².